The molecule has 2 heterocycles. The van der Waals surface area contributed by atoms with Crippen molar-refractivity contribution in [2.75, 3.05) is 0 Å². The number of nitrogens with one attached hydrogen (secondary N) is 1. The van der Waals surface area contributed by atoms with E-state index in [0.717, 1.165) is 17.0 Å². The number of carbonyl (C=O) groups excluding carboxylic acids is 1. The summed E-state index contributed by atoms with van der Waals surface area (Å²) in [7, 11) is 0. The average molecular weight is 282 g/mol. The van der Waals surface area contributed by atoms with Gasteiger partial charge < -0.3 is 0 Å². The Morgan fingerprint density at radius 2 is 1.90 bits per heavy atom. The lowest BCUT2D eigenvalue weighted by Crippen LogP contribution is -2.18. The Bertz CT molecular complexity index is 708. The van der Waals surface area contributed by atoms with Crippen molar-refractivity contribution in [2.45, 2.75) is 32.7 Å². The molecule has 5 nitrogen and oxygen atoms in total. The van der Waals surface area contributed by atoms with Gasteiger partial charge in [0, 0.05) is 5.41 Å². The topological polar surface area (TPSA) is 59.3 Å². The van der Waals surface area contributed by atoms with Gasteiger partial charge in [-0.2, -0.15) is 10.2 Å². The minimum Gasteiger partial charge on any atom is -0.266 e. The van der Waals surface area contributed by atoms with Crippen molar-refractivity contribution in [3.05, 3.63) is 53.3 Å². The number of benzene rings is 1. The molecule has 1 aliphatic heterocycles. The van der Waals surface area contributed by atoms with E-state index in [1.807, 2.05) is 36.4 Å². The second-order valence-electron chi connectivity index (χ2n) is 6.19. The van der Waals surface area contributed by atoms with Gasteiger partial charge in [-0.3, -0.25) is 9.48 Å². The van der Waals surface area contributed by atoms with E-state index in [-0.39, 0.29) is 11.3 Å². The minimum absolute atomic E-state index is 0.0937. The fourth-order valence-corrected chi connectivity index (χ4v) is 2.23. The molecule has 0 radical (unpaired) electrons. The van der Waals surface area contributed by atoms with E-state index in [4.69, 9.17) is 0 Å². The van der Waals surface area contributed by atoms with Crippen LogP contribution in [0.1, 0.15) is 42.5 Å². The summed E-state index contributed by atoms with van der Waals surface area (Å²) in [5.74, 6) is -0.219. The highest BCUT2D eigenvalue weighted by Crippen LogP contribution is 2.22. The van der Waals surface area contributed by atoms with Crippen molar-refractivity contribution in [1.29, 1.82) is 0 Å². The average Bonchev–Trinajstić information content (AvgIpc) is 2.82. The summed E-state index contributed by atoms with van der Waals surface area (Å²) in [6.07, 6.45) is 0. The van der Waals surface area contributed by atoms with Gasteiger partial charge in [-0.25, -0.2) is 5.43 Å². The van der Waals surface area contributed by atoms with Crippen molar-refractivity contribution in [1.82, 2.24) is 15.2 Å². The molecule has 5 heteroatoms. The first-order valence-electron chi connectivity index (χ1n) is 6.96. The first kappa shape index (κ1) is 13.5. The Morgan fingerprint density at radius 3 is 2.57 bits per heavy atom. The van der Waals surface area contributed by atoms with Crippen LogP contribution in [0.3, 0.4) is 0 Å². The maximum atomic E-state index is 12.1. The molecule has 1 aromatic carbocycles. The first-order chi connectivity index (χ1) is 9.95. The molecule has 1 aliphatic rings. The zero-order chi connectivity index (χ0) is 15.0. The van der Waals surface area contributed by atoms with Crippen LogP contribution in [0, 0.1) is 0 Å². The van der Waals surface area contributed by atoms with Gasteiger partial charge in [-0.1, -0.05) is 51.1 Å². The van der Waals surface area contributed by atoms with E-state index in [1.165, 1.54) is 0 Å². The molecular weight excluding hydrogens is 264 g/mol. The molecule has 0 atom stereocenters. The predicted molar refractivity (Wildman–Crippen MR) is 81.4 cm³/mol. The lowest BCUT2D eigenvalue weighted by atomic mass is 9.92. The van der Waals surface area contributed by atoms with E-state index in [2.05, 4.69) is 36.4 Å². The van der Waals surface area contributed by atoms with Crippen LogP contribution in [0.5, 0.6) is 0 Å². The van der Waals surface area contributed by atoms with E-state index in [1.54, 1.807) is 4.68 Å². The third kappa shape index (κ3) is 2.59. The summed E-state index contributed by atoms with van der Waals surface area (Å²) in [6.45, 7) is 6.73. The molecule has 21 heavy (non-hydrogen) atoms. The molecule has 108 valence electrons. The van der Waals surface area contributed by atoms with Crippen LogP contribution in [-0.4, -0.2) is 21.4 Å². The van der Waals surface area contributed by atoms with E-state index < -0.39 is 0 Å². The number of aromatic nitrogens is 2. The quantitative estimate of drug-likeness (QED) is 0.872. The van der Waals surface area contributed by atoms with Gasteiger partial charge in [0.25, 0.3) is 5.91 Å². The number of fused-ring (bicyclic) bond motifs is 1. The Kier molecular flexibility index (Phi) is 3.12. The number of hydrogen-bond acceptors (Lipinski definition) is 3. The Hall–Kier alpha value is -2.43. The van der Waals surface area contributed by atoms with Crippen molar-refractivity contribution in [3.8, 4) is 0 Å². The minimum atomic E-state index is -0.219. The highest BCUT2D eigenvalue weighted by Gasteiger charge is 2.25. The summed E-state index contributed by atoms with van der Waals surface area (Å²) < 4.78 is 1.73. The first-order valence-corrected chi connectivity index (χ1v) is 6.96. The van der Waals surface area contributed by atoms with Gasteiger partial charge in [-0.15, -0.1) is 0 Å². The molecular formula is C16H18N4O. The molecule has 0 saturated carbocycles. The van der Waals surface area contributed by atoms with E-state index >= 15 is 0 Å². The summed E-state index contributed by atoms with van der Waals surface area (Å²) in [5.41, 5.74) is 5.75. The summed E-state index contributed by atoms with van der Waals surface area (Å²) in [4.78, 5) is 12.1. The normalized spacial score (nSPS) is 15.0. The number of carbonyl (C=O) groups is 1. The fraction of sp³-hybridized carbons (Fsp3) is 0.312. The molecule has 2 aromatic rings. The molecule has 1 aromatic heterocycles. The zero-order valence-electron chi connectivity index (χ0n) is 12.4. The van der Waals surface area contributed by atoms with Crippen LogP contribution in [0.25, 0.3) is 0 Å². The second kappa shape index (κ2) is 4.84. The van der Waals surface area contributed by atoms with Crippen LogP contribution in [0.15, 0.2) is 41.5 Å². The zero-order valence-corrected chi connectivity index (χ0v) is 12.4. The highest BCUT2D eigenvalue weighted by atomic mass is 16.2. The molecule has 0 unspecified atom stereocenters. The van der Waals surface area contributed by atoms with Gasteiger partial charge in [-0.05, 0) is 11.6 Å². The number of nitrogens with zero attached hydrogens (tertiary/aromatic N) is 3. The van der Waals surface area contributed by atoms with Crippen molar-refractivity contribution >= 4 is 11.6 Å². The molecule has 0 saturated heterocycles. The SMILES string of the molecule is CC(C)(C)c1cc2n(n1)CC(c1ccccc1)=NNC2=O. The van der Waals surface area contributed by atoms with Crippen molar-refractivity contribution in [3.63, 3.8) is 0 Å². The van der Waals surface area contributed by atoms with Crippen LogP contribution in [0.2, 0.25) is 0 Å². The monoisotopic (exact) mass is 282 g/mol. The smallest absolute Gasteiger partial charge is 0.266 e. The Balaban J connectivity index is 2.02. The van der Waals surface area contributed by atoms with Gasteiger partial charge in [0.15, 0.2) is 0 Å². The number of hydrazone groups is 1. The summed E-state index contributed by atoms with van der Waals surface area (Å²) in [6, 6.07) is 11.7. The molecule has 1 amide bonds. The molecule has 0 bridgehead atoms. The maximum absolute atomic E-state index is 12.1. The number of rotatable bonds is 1. The van der Waals surface area contributed by atoms with E-state index in [9.17, 15) is 4.79 Å². The Labute approximate surface area is 123 Å². The van der Waals surface area contributed by atoms with Gasteiger partial charge in [0.05, 0.1) is 18.0 Å². The molecule has 3 rings (SSSR count). The standard InChI is InChI=1S/C16H18N4O/c1-16(2,3)14-9-13-15(21)18-17-12(10-20(13)19-14)11-7-5-4-6-8-11/h4-9H,10H2,1-3H3,(H,18,21). The largest absolute Gasteiger partial charge is 0.289 e. The van der Waals surface area contributed by atoms with Crippen LogP contribution in [0.4, 0.5) is 0 Å². The second-order valence-corrected chi connectivity index (χ2v) is 6.19. The number of amides is 1. The highest BCUT2D eigenvalue weighted by molar-refractivity contribution is 6.03. The third-order valence-electron chi connectivity index (χ3n) is 3.48. The Morgan fingerprint density at radius 1 is 1.19 bits per heavy atom. The summed E-state index contributed by atoms with van der Waals surface area (Å²) in [5, 5.41) is 8.79. The summed E-state index contributed by atoms with van der Waals surface area (Å²) >= 11 is 0. The molecule has 1 N–H and O–H groups in total. The van der Waals surface area contributed by atoms with Gasteiger partial charge in [0.2, 0.25) is 0 Å². The maximum Gasteiger partial charge on any atom is 0.289 e. The molecule has 0 fully saturated rings. The predicted octanol–water partition coefficient (Wildman–Crippen LogP) is 2.33. The van der Waals surface area contributed by atoms with Crippen LogP contribution in [-0.2, 0) is 12.0 Å². The lowest BCUT2D eigenvalue weighted by Gasteiger charge is -2.14. The molecule has 0 aliphatic carbocycles. The van der Waals surface area contributed by atoms with Crippen LogP contribution >= 0.6 is 0 Å². The van der Waals surface area contributed by atoms with E-state index in [0.29, 0.717) is 12.2 Å². The van der Waals surface area contributed by atoms with Crippen LogP contribution < -0.4 is 5.43 Å². The van der Waals surface area contributed by atoms with Crippen molar-refractivity contribution in [2.24, 2.45) is 5.10 Å². The molecule has 0 spiro atoms. The van der Waals surface area contributed by atoms with Gasteiger partial charge in [0.1, 0.15) is 5.69 Å². The fourth-order valence-electron chi connectivity index (χ4n) is 2.23. The van der Waals surface area contributed by atoms with Gasteiger partial charge >= 0.3 is 0 Å². The van der Waals surface area contributed by atoms with Crippen molar-refractivity contribution < 1.29 is 4.79 Å². The third-order valence-corrected chi connectivity index (χ3v) is 3.48. The number of hydrogen-bond donors (Lipinski definition) is 1. The lowest BCUT2D eigenvalue weighted by molar-refractivity contribution is 0.0947.